The van der Waals surface area contributed by atoms with E-state index < -0.39 is 0 Å². The molecule has 1 aliphatic rings. The molecule has 3 heterocycles. The molecule has 246 valence electrons. The van der Waals surface area contributed by atoms with Crippen molar-refractivity contribution >= 4 is 116 Å². The first-order valence-corrected chi connectivity index (χ1v) is 18.1. The predicted molar refractivity (Wildman–Crippen MR) is 232 cm³/mol. The number of aromatic nitrogens is 5. The van der Waals surface area contributed by atoms with Crippen LogP contribution in [-0.2, 0) is 0 Å². The summed E-state index contributed by atoms with van der Waals surface area (Å²) in [6.07, 6.45) is 7.74. The zero-order valence-electron chi connectivity index (χ0n) is 29.7. The molecule has 0 fully saturated rings. The minimum Gasteiger partial charge on any atom is -0.333 e. The average Bonchev–Trinajstić information content (AvgIpc) is 3.74. The van der Waals surface area contributed by atoms with Gasteiger partial charge in [0.25, 0.3) is 0 Å². The molecule has 0 bridgehead atoms. The number of benzene rings is 6. The fraction of sp³-hybridized carbons (Fsp3) is 0.0444. The van der Waals surface area contributed by atoms with E-state index in [0.29, 0.717) is 17.3 Å². The summed E-state index contributed by atoms with van der Waals surface area (Å²) in [5, 5.41) is 4.50. The Morgan fingerprint density at radius 2 is 1.05 bits per heavy atom. The van der Waals surface area contributed by atoms with Gasteiger partial charge in [-0.1, -0.05) is 126 Å². The molecule has 1 aliphatic carbocycles. The van der Waals surface area contributed by atoms with Crippen molar-refractivity contribution in [1.82, 2.24) is 24.1 Å². The zero-order chi connectivity index (χ0) is 37.4. The van der Waals surface area contributed by atoms with Crippen molar-refractivity contribution in [3.63, 3.8) is 0 Å². The van der Waals surface area contributed by atoms with Crippen LogP contribution in [0.5, 0.6) is 0 Å². The fourth-order valence-electron chi connectivity index (χ4n) is 8.06. The lowest BCUT2D eigenvalue weighted by Gasteiger charge is -2.21. The number of nitrogens with zero attached hydrogens (tertiary/aromatic N) is 5. The van der Waals surface area contributed by atoms with Crippen LogP contribution >= 0.6 is 0 Å². The smallest absolute Gasteiger partial charge is 0.238 e. The molecule has 3 aromatic heterocycles. The minimum atomic E-state index is 0.103. The molecule has 10 heteroatoms. The molecule has 0 saturated heterocycles. The Hall–Kier alpha value is -6.27. The van der Waals surface area contributed by atoms with E-state index in [1.165, 1.54) is 27.4 Å². The number of hydrogen-bond acceptors (Lipinski definition) is 3. The average molecular weight is 691 g/mol. The summed E-state index contributed by atoms with van der Waals surface area (Å²) in [5.41, 5.74) is 8.36. The molecular weight excluding hydrogens is 665 g/mol. The van der Waals surface area contributed by atoms with Crippen LogP contribution in [0.4, 0.5) is 0 Å². The molecule has 0 N–H and O–H groups in total. The minimum absolute atomic E-state index is 0.103. The van der Waals surface area contributed by atoms with E-state index >= 15 is 0 Å². The van der Waals surface area contributed by atoms with E-state index in [-0.39, 0.29) is 39.2 Å². The second-order valence-corrected chi connectivity index (χ2v) is 13.9. The molecule has 5 nitrogen and oxygen atoms in total. The first-order chi connectivity index (χ1) is 26.9. The maximum Gasteiger partial charge on any atom is 0.238 e. The number of hydrogen-bond donors (Lipinski definition) is 0. The van der Waals surface area contributed by atoms with E-state index in [0.717, 1.165) is 39.3 Å². The second kappa shape index (κ2) is 12.9. The summed E-state index contributed by atoms with van der Waals surface area (Å²) < 4.78 is 4.54. The standard InChI is InChI=1S/C45H26B5N5/c46-38-37(39(47)41(49)42(50)40(38)48)44-51-43(27-13-5-2-6-14-27)52-45(53-44)55-34-18-10-8-16-30(34)32-23-31-29-15-7-9-17-33(29)54(35(31)24-36(32)55)28-21-19-26(20-22-28)25-11-3-1-4-12-25/h1-21,23-24,28H,22H2. The number of allylic oxidation sites excluding steroid dienone is 4. The van der Waals surface area contributed by atoms with Gasteiger partial charge >= 0.3 is 0 Å². The lowest BCUT2D eigenvalue weighted by Crippen LogP contribution is -2.55. The highest BCUT2D eigenvalue weighted by Crippen LogP contribution is 2.41. The van der Waals surface area contributed by atoms with Crippen molar-refractivity contribution in [3.8, 4) is 28.7 Å². The lowest BCUT2D eigenvalue weighted by molar-refractivity contribution is 0.649. The molecule has 0 saturated carbocycles. The van der Waals surface area contributed by atoms with Crippen molar-refractivity contribution in [3.05, 3.63) is 145 Å². The van der Waals surface area contributed by atoms with E-state index in [1.807, 2.05) is 42.5 Å². The van der Waals surface area contributed by atoms with E-state index in [2.05, 4.69) is 106 Å². The van der Waals surface area contributed by atoms with Crippen LogP contribution in [0.2, 0.25) is 0 Å². The SMILES string of the molecule is [B]c1c([B])c([B])c(-c2nc(-c3ccccc3)nc(-n3c4ccccc4c4cc5c6ccccc6n(C6C=CC(c7ccccc7)=CC6)c5cc43)n2)c([B])c1[B]. The predicted octanol–water partition coefficient (Wildman–Crippen LogP) is 4.96. The fourth-order valence-corrected chi connectivity index (χ4v) is 8.06. The van der Waals surface area contributed by atoms with Gasteiger partial charge in [-0.05, 0) is 41.8 Å². The summed E-state index contributed by atoms with van der Waals surface area (Å²) in [6, 6.07) is 41.8. The maximum absolute atomic E-state index is 6.59. The van der Waals surface area contributed by atoms with Gasteiger partial charge in [0.05, 0.1) is 22.6 Å². The van der Waals surface area contributed by atoms with Crippen LogP contribution in [0.1, 0.15) is 18.0 Å². The summed E-state index contributed by atoms with van der Waals surface area (Å²) in [5.74, 6) is 1.05. The third kappa shape index (κ3) is 5.26. The molecule has 10 radical (unpaired) electrons. The topological polar surface area (TPSA) is 48.5 Å². The van der Waals surface area contributed by atoms with Crippen LogP contribution < -0.4 is 27.3 Å². The molecule has 0 aliphatic heterocycles. The number of rotatable bonds is 5. The third-order valence-electron chi connectivity index (χ3n) is 10.8. The molecule has 6 aromatic carbocycles. The quantitative estimate of drug-likeness (QED) is 0.240. The molecule has 0 amide bonds. The summed E-state index contributed by atoms with van der Waals surface area (Å²) in [4.78, 5) is 15.1. The van der Waals surface area contributed by atoms with Gasteiger partial charge in [-0.2, -0.15) is 9.97 Å². The molecule has 55 heavy (non-hydrogen) atoms. The van der Waals surface area contributed by atoms with Crippen molar-refractivity contribution < 1.29 is 0 Å². The summed E-state index contributed by atoms with van der Waals surface area (Å²) in [6.45, 7) is 0. The van der Waals surface area contributed by atoms with Gasteiger partial charge in [-0.15, -0.1) is 16.4 Å². The Morgan fingerprint density at radius 1 is 0.491 bits per heavy atom. The highest BCUT2D eigenvalue weighted by atomic mass is 15.2. The first-order valence-electron chi connectivity index (χ1n) is 18.1. The van der Waals surface area contributed by atoms with Gasteiger partial charge in [0.1, 0.15) is 39.2 Å². The second-order valence-electron chi connectivity index (χ2n) is 13.9. The van der Waals surface area contributed by atoms with Crippen LogP contribution in [0.15, 0.2) is 140 Å². The van der Waals surface area contributed by atoms with Crippen molar-refractivity contribution in [1.29, 1.82) is 0 Å². The monoisotopic (exact) mass is 691 g/mol. The Morgan fingerprint density at radius 3 is 1.73 bits per heavy atom. The van der Waals surface area contributed by atoms with Crippen LogP contribution in [0.25, 0.3) is 77.9 Å². The van der Waals surface area contributed by atoms with Gasteiger partial charge in [-0.25, -0.2) is 4.98 Å². The molecule has 10 rings (SSSR count). The summed E-state index contributed by atoms with van der Waals surface area (Å²) >= 11 is 0. The molecule has 1 atom stereocenters. The van der Waals surface area contributed by atoms with Crippen molar-refractivity contribution in [2.24, 2.45) is 0 Å². The largest absolute Gasteiger partial charge is 0.333 e. The number of fused-ring (bicyclic) bond motifs is 6. The van der Waals surface area contributed by atoms with Gasteiger partial charge in [0.2, 0.25) is 5.95 Å². The first kappa shape index (κ1) is 33.3. The Balaban J connectivity index is 1.25. The van der Waals surface area contributed by atoms with Crippen LogP contribution in [-0.4, -0.2) is 63.3 Å². The highest BCUT2D eigenvalue weighted by Gasteiger charge is 2.24. The lowest BCUT2D eigenvalue weighted by atomic mass is 9.60. The van der Waals surface area contributed by atoms with Gasteiger partial charge in [0, 0.05) is 38.2 Å². The van der Waals surface area contributed by atoms with E-state index in [1.54, 1.807) is 0 Å². The summed E-state index contributed by atoms with van der Waals surface area (Å²) in [7, 11) is 32.1. The normalized spacial score (nSPS) is 14.3. The van der Waals surface area contributed by atoms with Crippen LogP contribution in [0, 0.1) is 0 Å². The molecule has 0 spiro atoms. The van der Waals surface area contributed by atoms with Gasteiger partial charge in [0.15, 0.2) is 11.6 Å². The van der Waals surface area contributed by atoms with E-state index in [9.17, 15) is 0 Å². The Labute approximate surface area is 324 Å². The van der Waals surface area contributed by atoms with Gasteiger partial charge < -0.3 is 4.57 Å². The third-order valence-corrected chi connectivity index (χ3v) is 10.8. The Bertz CT molecular complexity index is 3050. The maximum atomic E-state index is 6.59. The van der Waals surface area contributed by atoms with Gasteiger partial charge in [-0.3, -0.25) is 4.57 Å². The highest BCUT2D eigenvalue weighted by molar-refractivity contribution is 6.68. The van der Waals surface area contributed by atoms with E-state index in [4.69, 9.17) is 54.2 Å². The van der Waals surface area contributed by atoms with Crippen molar-refractivity contribution in [2.75, 3.05) is 0 Å². The number of para-hydroxylation sites is 2. The molecule has 1 unspecified atom stereocenters. The zero-order valence-corrected chi connectivity index (χ0v) is 29.7. The van der Waals surface area contributed by atoms with Crippen molar-refractivity contribution in [2.45, 2.75) is 12.5 Å². The molecule has 9 aromatic rings. The van der Waals surface area contributed by atoms with Crippen LogP contribution in [0.3, 0.4) is 0 Å². The Kier molecular flexibility index (Phi) is 7.84. The molecular formula is C45H26B5N5.